The highest BCUT2D eigenvalue weighted by Gasteiger charge is 2.20. The lowest BCUT2D eigenvalue weighted by molar-refractivity contribution is -0.0507. The van der Waals surface area contributed by atoms with E-state index in [1.807, 2.05) is 6.07 Å². The van der Waals surface area contributed by atoms with Crippen molar-refractivity contribution in [1.29, 1.82) is 0 Å². The van der Waals surface area contributed by atoms with E-state index < -0.39 is 0 Å². The molecule has 1 aliphatic heterocycles. The first kappa shape index (κ1) is 10.5. The summed E-state index contributed by atoms with van der Waals surface area (Å²) in [4.78, 5) is 0. The van der Waals surface area contributed by atoms with Gasteiger partial charge in [-0.1, -0.05) is 12.1 Å². The molecule has 1 aromatic rings. The summed E-state index contributed by atoms with van der Waals surface area (Å²) >= 11 is 0. The molecule has 15 heavy (non-hydrogen) atoms. The first-order valence-corrected chi connectivity index (χ1v) is 5.00. The van der Waals surface area contributed by atoms with E-state index in [1.165, 1.54) is 12.1 Å². The Labute approximate surface area is 88.0 Å². The highest BCUT2D eigenvalue weighted by atomic mass is 19.1. The highest BCUT2D eigenvalue weighted by molar-refractivity contribution is 5.19. The van der Waals surface area contributed by atoms with Gasteiger partial charge < -0.3 is 15.2 Å². The average molecular weight is 211 g/mol. The van der Waals surface area contributed by atoms with Gasteiger partial charge in [0.25, 0.3) is 0 Å². The molecule has 1 saturated heterocycles. The first-order chi connectivity index (χ1) is 7.25. The van der Waals surface area contributed by atoms with Gasteiger partial charge in [0, 0.05) is 12.5 Å². The van der Waals surface area contributed by atoms with E-state index in [2.05, 4.69) is 0 Å². The van der Waals surface area contributed by atoms with Gasteiger partial charge in [-0.05, 0) is 17.7 Å². The number of hydrogen-bond donors (Lipinski definition) is 1. The molecule has 1 heterocycles. The van der Waals surface area contributed by atoms with Crippen LogP contribution in [0.5, 0.6) is 0 Å². The molecule has 0 bridgehead atoms. The Morgan fingerprint density at radius 3 is 2.80 bits per heavy atom. The molecule has 1 unspecified atom stereocenters. The summed E-state index contributed by atoms with van der Waals surface area (Å²) in [6.45, 7) is 1.22. The summed E-state index contributed by atoms with van der Waals surface area (Å²) < 4.78 is 23.5. The van der Waals surface area contributed by atoms with Crippen molar-refractivity contribution in [3.8, 4) is 0 Å². The van der Waals surface area contributed by atoms with Crippen molar-refractivity contribution in [1.82, 2.24) is 0 Å². The number of hydrogen-bond acceptors (Lipinski definition) is 3. The Morgan fingerprint density at radius 1 is 1.40 bits per heavy atom. The van der Waals surface area contributed by atoms with Gasteiger partial charge in [-0.2, -0.15) is 0 Å². The molecule has 82 valence electrons. The maximum absolute atomic E-state index is 12.9. The summed E-state index contributed by atoms with van der Waals surface area (Å²) in [7, 11) is 0. The fourth-order valence-electron chi connectivity index (χ4n) is 1.62. The topological polar surface area (TPSA) is 44.5 Å². The highest BCUT2D eigenvalue weighted by Crippen LogP contribution is 2.20. The van der Waals surface area contributed by atoms with E-state index in [9.17, 15) is 4.39 Å². The van der Waals surface area contributed by atoms with Crippen molar-refractivity contribution in [2.24, 2.45) is 5.73 Å². The number of benzene rings is 1. The molecule has 2 N–H and O–H groups in total. The molecule has 0 spiro atoms. The Hall–Kier alpha value is -0.970. The number of rotatable bonds is 3. The standard InChI is InChI=1S/C11H14FNO2/c12-9-3-1-2-8(6-9)10(13)7-11-14-4-5-15-11/h1-3,6,10-11H,4-5,7,13H2. The van der Waals surface area contributed by atoms with Gasteiger partial charge in [0.2, 0.25) is 0 Å². The summed E-state index contributed by atoms with van der Waals surface area (Å²) in [6, 6.07) is 6.06. The Bertz CT molecular complexity index is 326. The maximum atomic E-state index is 12.9. The van der Waals surface area contributed by atoms with Gasteiger partial charge in [0.05, 0.1) is 13.2 Å². The molecule has 0 amide bonds. The van der Waals surface area contributed by atoms with E-state index >= 15 is 0 Å². The summed E-state index contributed by atoms with van der Waals surface area (Å²) in [5.41, 5.74) is 6.69. The Morgan fingerprint density at radius 2 is 2.13 bits per heavy atom. The van der Waals surface area contributed by atoms with E-state index in [1.54, 1.807) is 6.07 Å². The quantitative estimate of drug-likeness (QED) is 0.825. The molecule has 2 rings (SSSR count). The Balaban J connectivity index is 1.97. The second-order valence-corrected chi connectivity index (χ2v) is 3.57. The fourth-order valence-corrected chi connectivity index (χ4v) is 1.62. The van der Waals surface area contributed by atoms with Gasteiger partial charge in [-0.25, -0.2) is 4.39 Å². The molecular weight excluding hydrogens is 197 g/mol. The zero-order valence-electron chi connectivity index (χ0n) is 8.36. The van der Waals surface area contributed by atoms with Gasteiger partial charge in [0.1, 0.15) is 5.82 Å². The molecule has 0 radical (unpaired) electrons. The lowest BCUT2D eigenvalue weighted by Crippen LogP contribution is -2.19. The zero-order chi connectivity index (χ0) is 10.7. The lowest BCUT2D eigenvalue weighted by Gasteiger charge is -2.15. The summed E-state index contributed by atoms with van der Waals surface area (Å²) in [6.07, 6.45) is 0.312. The molecule has 0 aliphatic carbocycles. The molecule has 3 nitrogen and oxygen atoms in total. The molecule has 0 saturated carbocycles. The number of nitrogens with two attached hydrogens (primary N) is 1. The third kappa shape index (κ3) is 2.75. The third-order valence-corrected chi connectivity index (χ3v) is 2.41. The lowest BCUT2D eigenvalue weighted by atomic mass is 10.0. The fraction of sp³-hybridized carbons (Fsp3) is 0.455. The van der Waals surface area contributed by atoms with Crippen LogP contribution in [0.4, 0.5) is 4.39 Å². The van der Waals surface area contributed by atoms with Crippen molar-refractivity contribution >= 4 is 0 Å². The van der Waals surface area contributed by atoms with Crippen LogP contribution >= 0.6 is 0 Å². The van der Waals surface area contributed by atoms with E-state index in [-0.39, 0.29) is 18.1 Å². The number of halogens is 1. The SMILES string of the molecule is NC(CC1OCCO1)c1cccc(F)c1. The maximum Gasteiger partial charge on any atom is 0.159 e. The monoisotopic (exact) mass is 211 g/mol. The predicted octanol–water partition coefficient (Wildman–Crippen LogP) is 1.59. The van der Waals surface area contributed by atoms with Gasteiger partial charge in [-0.15, -0.1) is 0 Å². The average Bonchev–Trinajstić information content (AvgIpc) is 2.70. The molecule has 1 aromatic carbocycles. The summed E-state index contributed by atoms with van der Waals surface area (Å²) in [5, 5.41) is 0. The van der Waals surface area contributed by atoms with Crippen LogP contribution in [0.1, 0.15) is 18.0 Å². The summed E-state index contributed by atoms with van der Waals surface area (Å²) in [5.74, 6) is -0.267. The van der Waals surface area contributed by atoms with Crippen LogP contribution in [0.25, 0.3) is 0 Å². The minimum absolute atomic E-state index is 0.246. The van der Waals surface area contributed by atoms with Crippen LogP contribution in [0.15, 0.2) is 24.3 Å². The molecule has 1 aliphatic rings. The minimum Gasteiger partial charge on any atom is -0.350 e. The van der Waals surface area contributed by atoms with Crippen molar-refractivity contribution in [3.63, 3.8) is 0 Å². The van der Waals surface area contributed by atoms with Gasteiger partial charge in [0.15, 0.2) is 6.29 Å². The molecule has 0 aromatic heterocycles. The van der Waals surface area contributed by atoms with Crippen molar-refractivity contribution in [3.05, 3.63) is 35.6 Å². The van der Waals surface area contributed by atoms with Gasteiger partial charge in [-0.3, -0.25) is 0 Å². The van der Waals surface area contributed by atoms with Crippen LogP contribution in [-0.2, 0) is 9.47 Å². The Kier molecular flexibility index (Phi) is 3.30. The van der Waals surface area contributed by atoms with Crippen LogP contribution in [0.2, 0.25) is 0 Å². The second kappa shape index (κ2) is 4.70. The van der Waals surface area contributed by atoms with E-state index in [0.717, 1.165) is 5.56 Å². The van der Waals surface area contributed by atoms with E-state index in [4.69, 9.17) is 15.2 Å². The van der Waals surface area contributed by atoms with Crippen LogP contribution in [-0.4, -0.2) is 19.5 Å². The smallest absolute Gasteiger partial charge is 0.159 e. The normalized spacial score (nSPS) is 19.3. The van der Waals surface area contributed by atoms with Crippen molar-refractivity contribution in [2.45, 2.75) is 18.8 Å². The molecule has 1 fully saturated rings. The van der Waals surface area contributed by atoms with Crippen molar-refractivity contribution in [2.75, 3.05) is 13.2 Å². The zero-order valence-corrected chi connectivity index (χ0v) is 8.36. The van der Waals surface area contributed by atoms with Crippen LogP contribution in [0.3, 0.4) is 0 Å². The molecular formula is C11H14FNO2. The predicted molar refractivity (Wildman–Crippen MR) is 53.6 cm³/mol. The largest absolute Gasteiger partial charge is 0.350 e. The van der Waals surface area contributed by atoms with Gasteiger partial charge >= 0.3 is 0 Å². The van der Waals surface area contributed by atoms with Crippen molar-refractivity contribution < 1.29 is 13.9 Å². The van der Waals surface area contributed by atoms with Crippen LogP contribution < -0.4 is 5.73 Å². The number of ether oxygens (including phenoxy) is 2. The third-order valence-electron chi connectivity index (χ3n) is 2.41. The van der Waals surface area contributed by atoms with E-state index in [0.29, 0.717) is 19.6 Å². The van der Waals surface area contributed by atoms with Crippen LogP contribution in [0, 0.1) is 5.82 Å². The minimum atomic E-state index is -0.267. The molecule has 4 heteroatoms. The second-order valence-electron chi connectivity index (χ2n) is 3.57. The first-order valence-electron chi connectivity index (χ1n) is 5.00. The molecule has 1 atom stereocenters.